The Morgan fingerprint density at radius 3 is 2.76 bits per heavy atom. The van der Waals surface area contributed by atoms with E-state index in [1.54, 1.807) is 16.7 Å². The van der Waals surface area contributed by atoms with Gasteiger partial charge in [0.05, 0.1) is 17.1 Å². The molecule has 1 atom stereocenters. The van der Waals surface area contributed by atoms with Crippen LogP contribution in [0.1, 0.15) is 26.4 Å². The first-order valence-electron chi connectivity index (χ1n) is 9.58. The van der Waals surface area contributed by atoms with Gasteiger partial charge in [-0.2, -0.15) is 0 Å². The molecule has 0 N–H and O–H groups in total. The Kier molecular flexibility index (Phi) is 4.48. The third-order valence-corrected chi connectivity index (χ3v) is 7.78. The lowest BCUT2D eigenvalue weighted by Gasteiger charge is -2.33. The molecule has 2 aliphatic heterocycles. The van der Waals surface area contributed by atoms with Crippen molar-refractivity contribution in [3.05, 3.63) is 87.6 Å². The molecule has 146 valence electrons. The maximum atomic E-state index is 13.9. The van der Waals surface area contributed by atoms with E-state index in [1.807, 2.05) is 58.8 Å². The molecule has 0 bridgehead atoms. The summed E-state index contributed by atoms with van der Waals surface area (Å²) in [5.74, 6) is 0.660. The topological polar surface area (TPSA) is 40.6 Å². The Morgan fingerprint density at radius 2 is 1.97 bits per heavy atom. The molecule has 2 amide bonds. The number of para-hydroxylation sites is 1. The number of benzene rings is 2. The van der Waals surface area contributed by atoms with Crippen LogP contribution in [0.5, 0.6) is 0 Å². The Labute approximate surface area is 178 Å². The van der Waals surface area contributed by atoms with Crippen LogP contribution in [0.15, 0.2) is 66.0 Å². The summed E-state index contributed by atoms with van der Waals surface area (Å²) in [5.41, 5.74) is 4.08. The van der Waals surface area contributed by atoms with E-state index in [1.165, 1.54) is 16.9 Å². The minimum Gasteiger partial charge on any atom is -0.310 e. The molecule has 1 fully saturated rings. The third kappa shape index (κ3) is 2.81. The Hall–Kier alpha value is -2.57. The van der Waals surface area contributed by atoms with Crippen molar-refractivity contribution in [2.24, 2.45) is 0 Å². The highest BCUT2D eigenvalue weighted by Gasteiger charge is 2.59. The molecule has 0 radical (unpaired) electrons. The fraction of sp³-hybridized carbons (Fsp3) is 0.217. The second-order valence-corrected chi connectivity index (χ2v) is 9.56. The SMILES string of the molecule is Cc1cccc(CN2C(=O)[C@@]3(SCCN3C(=O)c3cccs3)c3ccccc32)c1. The summed E-state index contributed by atoms with van der Waals surface area (Å²) in [6.45, 7) is 3.12. The second-order valence-electron chi connectivity index (χ2n) is 7.32. The van der Waals surface area contributed by atoms with Crippen molar-refractivity contribution in [3.8, 4) is 0 Å². The molecule has 1 spiro atoms. The standard InChI is InChI=1S/C23H20N2O2S2/c1-16-6-4-7-17(14-16)15-24-19-9-3-2-8-18(19)23(22(24)27)25(11-13-29-23)21(26)20-10-5-12-28-20/h2-10,12,14H,11,13,15H2,1H3/t23-/m0/s1. The number of fused-ring (bicyclic) bond motifs is 2. The number of aryl methyl sites for hydroxylation is 1. The molecule has 29 heavy (non-hydrogen) atoms. The fourth-order valence-electron chi connectivity index (χ4n) is 4.25. The molecular formula is C23H20N2O2S2. The van der Waals surface area contributed by atoms with Crippen molar-refractivity contribution in [1.29, 1.82) is 0 Å². The quantitative estimate of drug-likeness (QED) is 0.620. The largest absolute Gasteiger partial charge is 0.310 e. The van der Waals surface area contributed by atoms with Crippen molar-refractivity contribution in [1.82, 2.24) is 4.90 Å². The van der Waals surface area contributed by atoms with Crippen LogP contribution in [-0.4, -0.2) is 29.0 Å². The molecule has 3 aromatic rings. The van der Waals surface area contributed by atoms with Crippen LogP contribution in [-0.2, 0) is 16.2 Å². The van der Waals surface area contributed by atoms with Crippen molar-refractivity contribution in [2.75, 3.05) is 17.2 Å². The first-order valence-corrected chi connectivity index (χ1v) is 11.4. The molecule has 3 heterocycles. The van der Waals surface area contributed by atoms with Crippen LogP contribution >= 0.6 is 23.1 Å². The molecular weight excluding hydrogens is 400 g/mol. The van der Waals surface area contributed by atoms with Gasteiger partial charge in [-0.25, -0.2) is 0 Å². The zero-order chi connectivity index (χ0) is 20.0. The highest BCUT2D eigenvalue weighted by atomic mass is 32.2. The van der Waals surface area contributed by atoms with Crippen molar-refractivity contribution < 1.29 is 9.59 Å². The van der Waals surface area contributed by atoms with Crippen LogP contribution in [0, 0.1) is 6.92 Å². The van der Waals surface area contributed by atoms with Crippen molar-refractivity contribution >= 4 is 40.6 Å². The monoisotopic (exact) mass is 420 g/mol. The van der Waals surface area contributed by atoms with E-state index >= 15 is 0 Å². The van der Waals surface area contributed by atoms with E-state index in [0.717, 1.165) is 22.6 Å². The molecule has 1 saturated heterocycles. The van der Waals surface area contributed by atoms with Crippen molar-refractivity contribution in [3.63, 3.8) is 0 Å². The summed E-state index contributed by atoms with van der Waals surface area (Å²) < 4.78 is 0. The number of hydrogen-bond donors (Lipinski definition) is 0. The lowest BCUT2D eigenvalue weighted by atomic mass is 10.1. The van der Waals surface area contributed by atoms with Gasteiger partial charge in [0.25, 0.3) is 11.8 Å². The zero-order valence-electron chi connectivity index (χ0n) is 16.0. The van der Waals surface area contributed by atoms with E-state index in [-0.39, 0.29) is 11.8 Å². The predicted octanol–water partition coefficient (Wildman–Crippen LogP) is 4.65. The molecule has 0 aliphatic carbocycles. The number of nitrogens with zero attached hydrogens (tertiary/aromatic N) is 2. The lowest BCUT2D eigenvalue weighted by Crippen LogP contribution is -2.50. The normalized spacial score (nSPS) is 20.5. The van der Waals surface area contributed by atoms with Crippen molar-refractivity contribution in [2.45, 2.75) is 18.3 Å². The van der Waals surface area contributed by atoms with Gasteiger partial charge in [0.15, 0.2) is 4.87 Å². The highest BCUT2D eigenvalue weighted by Crippen LogP contribution is 2.54. The van der Waals surface area contributed by atoms with E-state index in [2.05, 4.69) is 19.1 Å². The average molecular weight is 421 g/mol. The van der Waals surface area contributed by atoms with Gasteiger partial charge in [0.2, 0.25) is 0 Å². The predicted molar refractivity (Wildman–Crippen MR) is 118 cm³/mol. The van der Waals surface area contributed by atoms with Crippen LogP contribution in [0.3, 0.4) is 0 Å². The van der Waals surface area contributed by atoms with Crippen LogP contribution in [0.2, 0.25) is 0 Å². The minimum atomic E-state index is -0.971. The molecule has 0 saturated carbocycles. The van der Waals surface area contributed by atoms with Gasteiger partial charge in [-0.15, -0.1) is 23.1 Å². The molecule has 4 nitrogen and oxygen atoms in total. The Bertz CT molecular complexity index is 1100. The van der Waals surface area contributed by atoms with Gasteiger partial charge in [-0.05, 0) is 30.0 Å². The van der Waals surface area contributed by atoms with Gasteiger partial charge in [-0.3, -0.25) is 9.59 Å². The molecule has 2 aliphatic rings. The van der Waals surface area contributed by atoms with E-state index in [9.17, 15) is 9.59 Å². The first kappa shape index (κ1) is 18.5. The maximum Gasteiger partial charge on any atom is 0.268 e. The molecule has 5 rings (SSSR count). The second kappa shape index (κ2) is 7.04. The molecule has 2 aromatic carbocycles. The zero-order valence-corrected chi connectivity index (χ0v) is 17.6. The molecule has 1 aromatic heterocycles. The number of amides is 2. The third-order valence-electron chi connectivity index (χ3n) is 5.50. The van der Waals surface area contributed by atoms with Crippen LogP contribution in [0.4, 0.5) is 5.69 Å². The number of hydrogen-bond acceptors (Lipinski definition) is 4. The van der Waals surface area contributed by atoms with Gasteiger partial charge in [-0.1, -0.05) is 54.1 Å². The van der Waals surface area contributed by atoms with Gasteiger partial charge >= 0.3 is 0 Å². The van der Waals surface area contributed by atoms with Gasteiger partial charge in [0.1, 0.15) is 0 Å². The molecule has 0 unspecified atom stereocenters. The number of carbonyl (C=O) groups is 2. The fourth-order valence-corrected chi connectivity index (χ4v) is 6.38. The maximum absolute atomic E-state index is 13.9. The Balaban J connectivity index is 1.59. The number of thiophene rings is 1. The number of anilines is 1. The summed E-state index contributed by atoms with van der Waals surface area (Å²) in [6.07, 6.45) is 0. The van der Waals surface area contributed by atoms with E-state index in [4.69, 9.17) is 0 Å². The van der Waals surface area contributed by atoms with E-state index < -0.39 is 4.87 Å². The summed E-state index contributed by atoms with van der Waals surface area (Å²) in [4.78, 5) is 30.5. The van der Waals surface area contributed by atoms with Gasteiger partial charge < -0.3 is 9.80 Å². The van der Waals surface area contributed by atoms with Gasteiger partial charge in [0, 0.05) is 17.9 Å². The summed E-state index contributed by atoms with van der Waals surface area (Å²) >= 11 is 2.99. The Morgan fingerprint density at radius 1 is 1.10 bits per heavy atom. The highest BCUT2D eigenvalue weighted by molar-refractivity contribution is 8.01. The van der Waals surface area contributed by atoms with Crippen LogP contribution in [0.25, 0.3) is 0 Å². The van der Waals surface area contributed by atoms with Crippen LogP contribution < -0.4 is 4.90 Å². The smallest absolute Gasteiger partial charge is 0.268 e. The lowest BCUT2D eigenvalue weighted by molar-refractivity contribution is -0.123. The number of carbonyl (C=O) groups excluding carboxylic acids is 2. The van der Waals surface area contributed by atoms with E-state index in [0.29, 0.717) is 18.0 Å². The summed E-state index contributed by atoms with van der Waals surface area (Å²) in [5, 5.41) is 1.90. The average Bonchev–Trinajstić information content (AvgIpc) is 3.45. The molecule has 6 heteroatoms. The first-order chi connectivity index (χ1) is 14.1. The summed E-state index contributed by atoms with van der Waals surface area (Å²) in [7, 11) is 0. The minimum absolute atomic E-state index is 0.0207. The number of rotatable bonds is 3. The summed E-state index contributed by atoms with van der Waals surface area (Å²) in [6, 6.07) is 19.8. The number of thioether (sulfide) groups is 1.